The number of hydrogen-bond acceptors (Lipinski definition) is 1. The number of benzene rings is 2. The number of halogens is 2. The standard InChI is InChI=1S/C11H6F2O/c12-10-5-7-3-1-2-4-8(7)9(6-14)11(10)13/h1-6H. The molecule has 0 aliphatic rings. The van der Waals surface area contributed by atoms with Crippen molar-refractivity contribution in [3.63, 3.8) is 0 Å². The van der Waals surface area contributed by atoms with E-state index >= 15 is 0 Å². The van der Waals surface area contributed by atoms with E-state index in [1.165, 1.54) is 0 Å². The van der Waals surface area contributed by atoms with Crippen molar-refractivity contribution >= 4 is 17.1 Å². The molecule has 0 aliphatic heterocycles. The maximum Gasteiger partial charge on any atom is 0.169 e. The largest absolute Gasteiger partial charge is 0.298 e. The highest BCUT2D eigenvalue weighted by Crippen LogP contribution is 2.22. The maximum absolute atomic E-state index is 13.1. The van der Waals surface area contributed by atoms with Gasteiger partial charge in [0.2, 0.25) is 0 Å². The molecule has 0 bridgehead atoms. The number of carbonyl (C=O) groups is 1. The van der Waals surface area contributed by atoms with Crippen molar-refractivity contribution in [1.82, 2.24) is 0 Å². The van der Waals surface area contributed by atoms with E-state index in [1.54, 1.807) is 24.3 Å². The zero-order valence-corrected chi connectivity index (χ0v) is 7.13. The molecule has 0 atom stereocenters. The smallest absolute Gasteiger partial charge is 0.169 e. The first-order valence-electron chi connectivity index (χ1n) is 4.06. The van der Waals surface area contributed by atoms with E-state index in [9.17, 15) is 13.6 Å². The molecule has 0 unspecified atom stereocenters. The molecule has 2 aromatic carbocycles. The van der Waals surface area contributed by atoms with E-state index in [2.05, 4.69) is 0 Å². The summed E-state index contributed by atoms with van der Waals surface area (Å²) in [5, 5.41) is 0.954. The molecule has 0 aliphatic carbocycles. The van der Waals surface area contributed by atoms with E-state index in [1.807, 2.05) is 0 Å². The van der Waals surface area contributed by atoms with Crippen LogP contribution in [0.1, 0.15) is 10.4 Å². The molecule has 1 nitrogen and oxygen atoms in total. The van der Waals surface area contributed by atoms with Gasteiger partial charge in [0.15, 0.2) is 17.9 Å². The van der Waals surface area contributed by atoms with Gasteiger partial charge in [0, 0.05) is 0 Å². The number of hydrogen-bond donors (Lipinski definition) is 0. The lowest BCUT2D eigenvalue weighted by Crippen LogP contribution is -1.94. The molecule has 0 aromatic heterocycles. The van der Waals surface area contributed by atoms with Crippen LogP contribution < -0.4 is 0 Å². The fraction of sp³-hybridized carbons (Fsp3) is 0. The third-order valence-electron chi connectivity index (χ3n) is 2.10. The summed E-state index contributed by atoms with van der Waals surface area (Å²) in [5.74, 6) is -2.08. The van der Waals surface area contributed by atoms with Gasteiger partial charge in [0.1, 0.15) is 0 Å². The van der Waals surface area contributed by atoms with Gasteiger partial charge in [-0.25, -0.2) is 8.78 Å². The zero-order valence-electron chi connectivity index (χ0n) is 7.13. The number of aldehydes is 1. The molecule has 0 saturated heterocycles. The van der Waals surface area contributed by atoms with Crippen molar-refractivity contribution in [3.8, 4) is 0 Å². The average Bonchev–Trinajstić information content (AvgIpc) is 2.20. The SMILES string of the molecule is O=Cc1c(F)c(F)cc2ccccc12. The van der Waals surface area contributed by atoms with Crippen LogP contribution in [0.15, 0.2) is 30.3 Å². The highest BCUT2D eigenvalue weighted by atomic mass is 19.2. The van der Waals surface area contributed by atoms with E-state index in [-0.39, 0.29) is 5.56 Å². The van der Waals surface area contributed by atoms with Crippen LogP contribution in [-0.2, 0) is 0 Å². The Bertz CT molecular complexity index is 506. The van der Waals surface area contributed by atoms with Crippen LogP contribution in [0.2, 0.25) is 0 Å². The molecule has 0 spiro atoms. The molecule has 0 amide bonds. The molecular weight excluding hydrogens is 186 g/mol. The third-order valence-corrected chi connectivity index (χ3v) is 2.10. The van der Waals surface area contributed by atoms with E-state index in [0.29, 0.717) is 17.1 Å². The quantitative estimate of drug-likeness (QED) is 0.635. The highest BCUT2D eigenvalue weighted by molar-refractivity contribution is 5.98. The van der Waals surface area contributed by atoms with Gasteiger partial charge in [0.25, 0.3) is 0 Å². The lowest BCUT2D eigenvalue weighted by atomic mass is 10.0. The molecule has 2 rings (SSSR count). The minimum absolute atomic E-state index is 0.222. The molecule has 2 aromatic rings. The summed E-state index contributed by atoms with van der Waals surface area (Å²) in [4.78, 5) is 10.6. The monoisotopic (exact) mass is 192 g/mol. The molecule has 0 radical (unpaired) electrons. The Morgan fingerprint density at radius 2 is 1.86 bits per heavy atom. The summed E-state index contributed by atoms with van der Waals surface area (Å²) in [7, 11) is 0. The normalized spacial score (nSPS) is 10.4. The second-order valence-electron chi connectivity index (χ2n) is 2.93. The fourth-order valence-corrected chi connectivity index (χ4v) is 1.43. The van der Waals surface area contributed by atoms with Gasteiger partial charge in [-0.2, -0.15) is 0 Å². The summed E-state index contributed by atoms with van der Waals surface area (Å²) < 4.78 is 26.1. The van der Waals surface area contributed by atoms with Crippen LogP contribution in [-0.4, -0.2) is 6.29 Å². The Labute approximate surface area is 79.0 Å². The number of rotatable bonds is 1. The van der Waals surface area contributed by atoms with Crippen molar-refractivity contribution in [1.29, 1.82) is 0 Å². The minimum atomic E-state index is -1.08. The van der Waals surface area contributed by atoms with Crippen molar-refractivity contribution < 1.29 is 13.6 Å². The lowest BCUT2D eigenvalue weighted by Gasteiger charge is -2.02. The summed E-state index contributed by atoms with van der Waals surface area (Å²) in [6.07, 6.45) is 0.334. The summed E-state index contributed by atoms with van der Waals surface area (Å²) in [6, 6.07) is 7.67. The van der Waals surface area contributed by atoms with Gasteiger partial charge in [0.05, 0.1) is 5.56 Å². The maximum atomic E-state index is 13.1. The van der Waals surface area contributed by atoms with Crippen LogP contribution >= 0.6 is 0 Å². The van der Waals surface area contributed by atoms with Gasteiger partial charge in [-0.15, -0.1) is 0 Å². The van der Waals surface area contributed by atoms with Crippen molar-refractivity contribution in [2.75, 3.05) is 0 Å². The Balaban J connectivity index is 2.96. The van der Waals surface area contributed by atoms with Crippen molar-refractivity contribution in [3.05, 3.63) is 47.5 Å². The fourth-order valence-electron chi connectivity index (χ4n) is 1.43. The third kappa shape index (κ3) is 1.18. The molecular formula is C11H6F2O. The van der Waals surface area contributed by atoms with Gasteiger partial charge in [-0.3, -0.25) is 4.79 Å². The van der Waals surface area contributed by atoms with E-state index < -0.39 is 11.6 Å². The van der Waals surface area contributed by atoms with Gasteiger partial charge in [-0.05, 0) is 16.8 Å². The van der Waals surface area contributed by atoms with Crippen LogP contribution in [0.3, 0.4) is 0 Å². The van der Waals surface area contributed by atoms with Crippen molar-refractivity contribution in [2.24, 2.45) is 0 Å². The lowest BCUT2D eigenvalue weighted by molar-refractivity contribution is 0.112. The van der Waals surface area contributed by atoms with E-state index in [0.717, 1.165) is 6.07 Å². The first kappa shape index (κ1) is 8.81. The van der Waals surface area contributed by atoms with Gasteiger partial charge >= 0.3 is 0 Å². The molecule has 14 heavy (non-hydrogen) atoms. The summed E-state index contributed by atoms with van der Waals surface area (Å²) in [6.45, 7) is 0. The van der Waals surface area contributed by atoms with Crippen LogP contribution in [0.5, 0.6) is 0 Å². The molecule has 0 fully saturated rings. The molecule has 3 heteroatoms. The number of carbonyl (C=O) groups excluding carboxylic acids is 1. The second kappa shape index (κ2) is 3.18. The Morgan fingerprint density at radius 3 is 2.57 bits per heavy atom. The second-order valence-corrected chi connectivity index (χ2v) is 2.93. The first-order chi connectivity index (χ1) is 6.74. The minimum Gasteiger partial charge on any atom is -0.298 e. The molecule has 0 N–H and O–H groups in total. The van der Waals surface area contributed by atoms with Crippen LogP contribution in [0.4, 0.5) is 8.78 Å². The van der Waals surface area contributed by atoms with Crippen molar-refractivity contribution in [2.45, 2.75) is 0 Å². The van der Waals surface area contributed by atoms with Gasteiger partial charge < -0.3 is 0 Å². The van der Waals surface area contributed by atoms with Gasteiger partial charge in [-0.1, -0.05) is 24.3 Å². The summed E-state index contributed by atoms with van der Waals surface area (Å²) in [5.41, 5.74) is -0.222. The topological polar surface area (TPSA) is 17.1 Å². The van der Waals surface area contributed by atoms with Crippen LogP contribution in [0, 0.1) is 11.6 Å². The Morgan fingerprint density at radius 1 is 1.14 bits per heavy atom. The number of fused-ring (bicyclic) bond motifs is 1. The molecule has 70 valence electrons. The average molecular weight is 192 g/mol. The molecule has 0 heterocycles. The molecule has 0 saturated carbocycles. The predicted molar refractivity (Wildman–Crippen MR) is 49.3 cm³/mol. The van der Waals surface area contributed by atoms with E-state index in [4.69, 9.17) is 0 Å². The van der Waals surface area contributed by atoms with Crippen LogP contribution in [0.25, 0.3) is 10.8 Å². The highest BCUT2D eigenvalue weighted by Gasteiger charge is 2.11. The Hall–Kier alpha value is -1.77. The first-order valence-corrected chi connectivity index (χ1v) is 4.06. The zero-order chi connectivity index (χ0) is 10.1. The predicted octanol–water partition coefficient (Wildman–Crippen LogP) is 2.93. The summed E-state index contributed by atoms with van der Waals surface area (Å²) >= 11 is 0. The Kier molecular flexibility index (Phi) is 2.00.